The minimum atomic E-state index is -0.143. The molecule has 2 saturated heterocycles. The number of piperazine rings is 1. The summed E-state index contributed by atoms with van der Waals surface area (Å²) in [5.41, 5.74) is 7.05. The molecule has 9 nitrogen and oxygen atoms in total. The number of hydrogen-bond donors (Lipinski definition) is 1. The molecule has 0 aliphatic carbocycles. The van der Waals surface area contributed by atoms with Crippen LogP contribution in [0.2, 0.25) is 0 Å². The maximum Gasteiger partial charge on any atom is 0.270 e. The average Bonchev–Trinajstić information content (AvgIpc) is 3.05. The lowest BCUT2D eigenvalue weighted by molar-refractivity contribution is -0.126. The number of hydrazone groups is 1. The van der Waals surface area contributed by atoms with Crippen molar-refractivity contribution in [1.29, 1.82) is 0 Å². The molecule has 1 aromatic heterocycles. The topological polar surface area (TPSA) is 98.2 Å². The quantitative estimate of drug-likeness (QED) is 0.525. The zero-order valence-corrected chi connectivity index (χ0v) is 23.0. The number of carbonyl (C=O) groups is 3. The van der Waals surface area contributed by atoms with Crippen molar-refractivity contribution in [3.8, 4) is 22.5 Å². The molecule has 0 atom stereocenters. The molecule has 0 unspecified atom stereocenters. The highest BCUT2D eigenvalue weighted by Gasteiger charge is 2.32. The molecule has 0 radical (unpaired) electrons. The van der Waals surface area contributed by atoms with Gasteiger partial charge in [-0.05, 0) is 25.0 Å². The van der Waals surface area contributed by atoms with Gasteiger partial charge in [0.25, 0.3) is 11.8 Å². The molecule has 3 aliphatic rings. The average molecular weight is 551 g/mol. The highest BCUT2D eigenvalue weighted by atomic mass is 16.2. The molecule has 41 heavy (non-hydrogen) atoms. The van der Waals surface area contributed by atoms with Gasteiger partial charge in [0, 0.05) is 74.8 Å². The third-order valence-electron chi connectivity index (χ3n) is 8.23. The minimum Gasteiger partial charge on any atom is -0.337 e. The monoisotopic (exact) mass is 550 g/mol. The van der Waals surface area contributed by atoms with Crippen LogP contribution in [0.15, 0.2) is 77.9 Å². The van der Waals surface area contributed by atoms with Crippen LogP contribution >= 0.6 is 0 Å². The maximum absolute atomic E-state index is 13.7. The molecule has 3 amide bonds. The molecule has 2 fully saturated rings. The molecule has 4 heterocycles. The molecule has 0 spiro atoms. The van der Waals surface area contributed by atoms with E-state index >= 15 is 0 Å². The summed E-state index contributed by atoms with van der Waals surface area (Å²) in [5, 5.41) is 3.96. The number of likely N-dealkylation sites (tertiary alicyclic amines) is 1. The maximum atomic E-state index is 13.7. The molecule has 6 rings (SSSR count). The van der Waals surface area contributed by atoms with E-state index in [1.165, 1.54) is 0 Å². The van der Waals surface area contributed by atoms with Crippen LogP contribution in [0, 0.1) is 0 Å². The Morgan fingerprint density at radius 2 is 1.27 bits per heavy atom. The van der Waals surface area contributed by atoms with Crippen molar-refractivity contribution in [3.63, 3.8) is 0 Å². The first-order valence-electron chi connectivity index (χ1n) is 14.4. The van der Waals surface area contributed by atoms with Gasteiger partial charge in [0.05, 0.1) is 11.4 Å². The second-order valence-electron chi connectivity index (χ2n) is 10.8. The number of rotatable bonds is 5. The predicted molar refractivity (Wildman–Crippen MR) is 157 cm³/mol. The molecule has 9 heteroatoms. The second kappa shape index (κ2) is 12.0. The minimum absolute atomic E-state index is 0.0298. The smallest absolute Gasteiger partial charge is 0.270 e. The van der Waals surface area contributed by atoms with Gasteiger partial charge in [-0.1, -0.05) is 60.7 Å². The SMILES string of the molecule is O=C1CCC(C(=O)N2CCC(N3CCN(C(=O)c4cc(-c5ccccc5)nc(-c5ccccc5)c4)CC3)CC2)=NN1. The van der Waals surface area contributed by atoms with Gasteiger partial charge in [-0.25, -0.2) is 10.4 Å². The first-order valence-corrected chi connectivity index (χ1v) is 14.4. The number of pyridine rings is 1. The van der Waals surface area contributed by atoms with Crippen molar-refractivity contribution < 1.29 is 14.4 Å². The van der Waals surface area contributed by atoms with Crippen LogP contribution in [0.25, 0.3) is 22.5 Å². The Morgan fingerprint density at radius 1 is 0.707 bits per heavy atom. The Morgan fingerprint density at radius 3 is 1.80 bits per heavy atom. The largest absolute Gasteiger partial charge is 0.337 e. The van der Waals surface area contributed by atoms with Crippen LogP contribution in [0.3, 0.4) is 0 Å². The van der Waals surface area contributed by atoms with Crippen LogP contribution in [-0.4, -0.2) is 88.4 Å². The highest BCUT2D eigenvalue weighted by molar-refractivity contribution is 6.39. The summed E-state index contributed by atoms with van der Waals surface area (Å²) in [6, 6.07) is 24.2. The third kappa shape index (κ3) is 6.05. The predicted octanol–water partition coefficient (Wildman–Crippen LogP) is 3.43. The van der Waals surface area contributed by atoms with E-state index in [2.05, 4.69) is 15.4 Å². The summed E-state index contributed by atoms with van der Waals surface area (Å²) in [6.45, 7) is 4.31. The van der Waals surface area contributed by atoms with Crippen molar-refractivity contribution in [2.24, 2.45) is 5.10 Å². The number of nitrogens with zero attached hydrogens (tertiary/aromatic N) is 5. The van der Waals surface area contributed by atoms with Crippen LogP contribution in [0.1, 0.15) is 36.0 Å². The van der Waals surface area contributed by atoms with E-state index in [1.54, 1.807) is 0 Å². The van der Waals surface area contributed by atoms with Gasteiger partial charge < -0.3 is 9.80 Å². The summed E-state index contributed by atoms with van der Waals surface area (Å²) < 4.78 is 0. The number of amides is 3. The van der Waals surface area contributed by atoms with Crippen LogP contribution in [-0.2, 0) is 9.59 Å². The van der Waals surface area contributed by atoms with Crippen molar-refractivity contribution in [1.82, 2.24) is 25.1 Å². The lowest BCUT2D eigenvalue weighted by Crippen LogP contribution is -2.55. The van der Waals surface area contributed by atoms with Crippen LogP contribution in [0.5, 0.6) is 0 Å². The fourth-order valence-electron chi connectivity index (χ4n) is 5.89. The number of nitrogens with one attached hydrogen (secondary N) is 1. The number of benzene rings is 2. The van der Waals surface area contributed by atoms with Crippen molar-refractivity contribution in [2.75, 3.05) is 39.3 Å². The van der Waals surface area contributed by atoms with Crippen molar-refractivity contribution in [2.45, 2.75) is 31.7 Å². The van der Waals surface area contributed by atoms with E-state index in [9.17, 15) is 14.4 Å². The van der Waals surface area contributed by atoms with Gasteiger partial charge in [-0.3, -0.25) is 19.3 Å². The fourth-order valence-corrected chi connectivity index (χ4v) is 5.89. The molecule has 3 aromatic rings. The number of carbonyl (C=O) groups excluding carboxylic acids is 3. The first-order chi connectivity index (χ1) is 20.0. The van der Waals surface area contributed by atoms with E-state index < -0.39 is 0 Å². The van der Waals surface area contributed by atoms with E-state index in [-0.39, 0.29) is 17.7 Å². The lowest BCUT2D eigenvalue weighted by Gasteiger charge is -2.42. The van der Waals surface area contributed by atoms with Gasteiger partial charge in [-0.15, -0.1) is 0 Å². The lowest BCUT2D eigenvalue weighted by atomic mass is 10.0. The van der Waals surface area contributed by atoms with Crippen LogP contribution in [0.4, 0.5) is 0 Å². The summed E-state index contributed by atoms with van der Waals surface area (Å²) in [7, 11) is 0. The summed E-state index contributed by atoms with van der Waals surface area (Å²) in [5.74, 6) is -0.182. The zero-order chi connectivity index (χ0) is 28.2. The second-order valence-corrected chi connectivity index (χ2v) is 10.8. The number of hydrogen-bond acceptors (Lipinski definition) is 6. The van der Waals surface area contributed by atoms with E-state index in [0.717, 1.165) is 48.4 Å². The summed E-state index contributed by atoms with van der Waals surface area (Å²) in [4.78, 5) is 49.0. The first kappa shape index (κ1) is 26.8. The molecular formula is C32H34N6O3. The highest BCUT2D eigenvalue weighted by Crippen LogP contribution is 2.26. The van der Waals surface area contributed by atoms with E-state index in [4.69, 9.17) is 4.98 Å². The molecule has 3 aliphatic heterocycles. The standard InChI is InChI=1S/C32H34N6O3/c39-30-12-11-27(34-35-30)32(41)37-15-13-26(14-16-37)36-17-19-38(20-18-36)31(40)25-21-28(23-7-3-1-4-8-23)33-29(22-25)24-9-5-2-6-10-24/h1-10,21-22,26H,11-20H2,(H,35,39). The van der Waals surface area contributed by atoms with Gasteiger partial charge in [0.2, 0.25) is 5.91 Å². The Bertz CT molecular complexity index is 1390. The molecular weight excluding hydrogens is 516 g/mol. The molecule has 1 N–H and O–H groups in total. The number of aromatic nitrogens is 1. The summed E-state index contributed by atoms with van der Waals surface area (Å²) >= 11 is 0. The van der Waals surface area contributed by atoms with Gasteiger partial charge in [-0.2, -0.15) is 5.10 Å². The molecule has 0 saturated carbocycles. The zero-order valence-electron chi connectivity index (χ0n) is 23.0. The Balaban J connectivity index is 1.09. The van der Waals surface area contributed by atoms with E-state index in [1.807, 2.05) is 82.6 Å². The van der Waals surface area contributed by atoms with Crippen molar-refractivity contribution >= 4 is 23.4 Å². The van der Waals surface area contributed by atoms with Gasteiger partial charge in [0.15, 0.2) is 0 Å². The third-order valence-corrected chi connectivity index (χ3v) is 8.23. The fraction of sp³-hybridized carbons (Fsp3) is 0.344. The number of piperidine rings is 1. The van der Waals surface area contributed by atoms with Gasteiger partial charge in [0.1, 0.15) is 5.71 Å². The van der Waals surface area contributed by atoms with Crippen LogP contribution < -0.4 is 5.43 Å². The molecule has 2 aromatic carbocycles. The molecule has 210 valence electrons. The Kier molecular flexibility index (Phi) is 7.86. The summed E-state index contributed by atoms with van der Waals surface area (Å²) in [6.07, 6.45) is 2.50. The van der Waals surface area contributed by atoms with E-state index in [0.29, 0.717) is 56.3 Å². The Labute approximate surface area is 239 Å². The molecule has 0 bridgehead atoms. The Hall–Kier alpha value is -4.37. The normalized spacial score (nSPS) is 18.5. The van der Waals surface area contributed by atoms with Crippen molar-refractivity contribution in [3.05, 3.63) is 78.4 Å². The van der Waals surface area contributed by atoms with Gasteiger partial charge >= 0.3 is 0 Å².